The smallest absolute Gasteiger partial charge is 0.328 e. The molecule has 128 valence electrons. The standard InChI is InChI=1S/C21H21NO3/c1-4-17(21(23)24)22-18-12-19(15-8-6-5-7-9-15)25-20-11-14(3)13(2)10-16(18)20/h5-12,17H,4H2,1-3H3,(H,23,24)/t17-/m0/s1. The van der Waals surface area contributed by atoms with Gasteiger partial charge in [0.25, 0.3) is 0 Å². The Bertz CT molecular complexity index is 987. The predicted molar refractivity (Wildman–Crippen MR) is 98.4 cm³/mol. The van der Waals surface area contributed by atoms with E-state index in [0.717, 1.165) is 22.1 Å². The van der Waals surface area contributed by atoms with Crippen LogP contribution in [0.4, 0.5) is 0 Å². The fourth-order valence-corrected chi connectivity index (χ4v) is 2.76. The van der Waals surface area contributed by atoms with Crippen molar-refractivity contribution in [1.82, 2.24) is 0 Å². The first-order valence-corrected chi connectivity index (χ1v) is 8.36. The molecule has 2 aromatic carbocycles. The molecule has 0 radical (unpaired) electrons. The zero-order valence-electron chi connectivity index (χ0n) is 14.6. The van der Waals surface area contributed by atoms with E-state index in [1.165, 1.54) is 0 Å². The molecule has 0 bridgehead atoms. The van der Waals surface area contributed by atoms with Crippen molar-refractivity contribution in [3.8, 4) is 11.3 Å². The molecule has 0 aliphatic carbocycles. The highest BCUT2D eigenvalue weighted by molar-refractivity contribution is 5.81. The summed E-state index contributed by atoms with van der Waals surface area (Å²) in [6.45, 7) is 5.88. The average molecular weight is 335 g/mol. The van der Waals surface area contributed by atoms with Crippen molar-refractivity contribution in [1.29, 1.82) is 0 Å². The SMILES string of the molecule is CC[C@H](N=c1cc(-c2ccccc2)oc2cc(C)c(C)cc12)C(=O)O. The van der Waals surface area contributed by atoms with Crippen LogP contribution in [-0.2, 0) is 4.79 Å². The minimum atomic E-state index is -0.915. The average Bonchev–Trinajstić information content (AvgIpc) is 2.61. The normalized spacial score (nSPS) is 13.2. The molecule has 3 rings (SSSR count). The lowest BCUT2D eigenvalue weighted by Crippen LogP contribution is -2.21. The van der Waals surface area contributed by atoms with Gasteiger partial charge in [0.2, 0.25) is 0 Å². The van der Waals surface area contributed by atoms with Crippen molar-refractivity contribution in [3.63, 3.8) is 0 Å². The number of rotatable bonds is 4. The van der Waals surface area contributed by atoms with Gasteiger partial charge in [-0.15, -0.1) is 0 Å². The number of fused-ring (bicyclic) bond motifs is 1. The second-order valence-electron chi connectivity index (χ2n) is 6.19. The van der Waals surface area contributed by atoms with E-state index in [1.54, 1.807) is 0 Å². The third kappa shape index (κ3) is 3.48. The summed E-state index contributed by atoms with van der Waals surface area (Å²) in [6.07, 6.45) is 0.439. The van der Waals surface area contributed by atoms with E-state index >= 15 is 0 Å². The summed E-state index contributed by atoms with van der Waals surface area (Å²) in [4.78, 5) is 15.9. The third-order valence-electron chi connectivity index (χ3n) is 4.38. The lowest BCUT2D eigenvalue weighted by atomic mass is 10.1. The summed E-state index contributed by atoms with van der Waals surface area (Å²) in [5, 5.41) is 10.9. The fraction of sp³-hybridized carbons (Fsp3) is 0.238. The lowest BCUT2D eigenvalue weighted by molar-refractivity contribution is -0.138. The minimum absolute atomic E-state index is 0.439. The largest absolute Gasteiger partial charge is 0.480 e. The number of hydrogen-bond acceptors (Lipinski definition) is 3. The number of aryl methyl sites for hydroxylation is 2. The highest BCUT2D eigenvalue weighted by Crippen LogP contribution is 2.24. The van der Waals surface area contributed by atoms with E-state index in [9.17, 15) is 9.90 Å². The Labute approximate surface area is 146 Å². The van der Waals surface area contributed by atoms with Crippen molar-refractivity contribution in [2.45, 2.75) is 33.2 Å². The summed E-state index contributed by atoms with van der Waals surface area (Å²) < 4.78 is 6.09. The monoisotopic (exact) mass is 335 g/mol. The molecule has 0 fully saturated rings. The van der Waals surface area contributed by atoms with Crippen LogP contribution >= 0.6 is 0 Å². The van der Waals surface area contributed by atoms with E-state index in [4.69, 9.17) is 4.42 Å². The van der Waals surface area contributed by atoms with Gasteiger partial charge >= 0.3 is 5.97 Å². The van der Waals surface area contributed by atoms with E-state index in [-0.39, 0.29) is 0 Å². The Morgan fingerprint density at radius 2 is 1.80 bits per heavy atom. The quantitative estimate of drug-likeness (QED) is 0.764. The van der Waals surface area contributed by atoms with Gasteiger partial charge in [0.15, 0.2) is 0 Å². The first-order valence-electron chi connectivity index (χ1n) is 8.36. The molecule has 4 nitrogen and oxygen atoms in total. The van der Waals surface area contributed by atoms with Crippen LogP contribution in [0.25, 0.3) is 22.3 Å². The Morgan fingerprint density at radius 1 is 1.12 bits per heavy atom. The highest BCUT2D eigenvalue weighted by atomic mass is 16.4. The molecular formula is C21H21NO3. The van der Waals surface area contributed by atoms with Crippen molar-refractivity contribution in [2.75, 3.05) is 0 Å². The summed E-state index contributed by atoms with van der Waals surface area (Å²) in [5.41, 5.74) is 3.89. The summed E-state index contributed by atoms with van der Waals surface area (Å²) in [5.74, 6) is -0.239. The van der Waals surface area contributed by atoms with Gasteiger partial charge in [-0.2, -0.15) is 0 Å². The van der Waals surface area contributed by atoms with Crippen molar-refractivity contribution >= 4 is 16.9 Å². The maximum absolute atomic E-state index is 11.4. The van der Waals surface area contributed by atoms with Crippen LogP contribution in [0.15, 0.2) is 57.9 Å². The second-order valence-corrected chi connectivity index (χ2v) is 6.19. The van der Waals surface area contributed by atoms with Crippen LogP contribution in [0.5, 0.6) is 0 Å². The van der Waals surface area contributed by atoms with Crippen molar-refractivity contribution in [2.24, 2.45) is 4.99 Å². The lowest BCUT2D eigenvalue weighted by Gasteiger charge is -2.09. The molecule has 0 aliphatic heterocycles. The highest BCUT2D eigenvalue weighted by Gasteiger charge is 2.14. The number of carbonyl (C=O) groups is 1. The van der Waals surface area contributed by atoms with Gasteiger partial charge in [0.1, 0.15) is 17.4 Å². The molecular weight excluding hydrogens is 314 g/mol. The Balaban J connectivity index is 2.34. The van der Waals surface area contributed by atoms with Gasteiger partial charge in [-0.25, -0.2) is 4.79 Å². The zero-order chi connectivity index (χ0) is 18.0. The van der Waals surface area contributed by atoms with Crippen LogP contribution in [-0.4, -0.2) is 17.1 Å². The minimum Gasteiger partial charge on any atom is -0.480 e. The van der Waals surface area contributed by atoms with E-state index in [1.807, 2.05) is 69.3 Å². The second kappa shape index (κ2) is 6.93. The maximum Gasteiger partial charge on any atom is 0.328 e. The number of nitrogens with zero attached hydrogens (tertiary/aromatic N) is 1. The molecule has 0 saturated heterocycles. The molecule has 1 aromatic heterocycles. The number of benzene rings is 2. The van der Waals surface area contributed by atoms with Crippen LogP contribution in [0.3, 0.4) is 0 Å². The Morgan fingerprint density at radius 3 is 2.44 bits per heavy atom. The van der Waals surface area contributed by atoms with Gasteiger partial charge < -0.3 is 9.52 Å². The molecule has 0 amide bonds. The Hall–Kier alpha value is -2.88. The molecule has 0 aliphatic rings. The van der Waals surface area contributed by atoms with Crippen LogP contribution in [0.2, 0.25) is 0 Å². The van der Waals surface area contributed by atoms with Crippen LogP contribution in [0, 0.1) is 13.8 Å². The van der Waals surface area contributed by atoms with Gasteiger partial charge in [0, 0.05) is 17.0 Å². The van der Waals surface area contributed by atoms with Gasteiger partial charge in [-0.3, -0.25) is 4.99 Å². The molecule has 0 unspecified atom stereocenters. The van der Waals surface area contributed by atoms with Gasteiger partial charge in [-0.1, -0.05) is 37.3 Å². The first-order chi connectivity index (χ1) is 12.0. The van der Waals surface area contributed by atoms with E-state index < -0.39 is 12.0 Å². The zero-order valence-corrected chi connectivity index (χ0v) is 14.6. The molecule has 1 atom stereocenters. The number of hydrogen-bond donors (Lipinski definition) is 1. The summed E-state index contributed by atoms with van der Waals surface area (Å²) >= 11 is 0. The summed E-state index contributed by atoms with van der Waals surface area (Å²) in [6, 6.07) is 14.8. The maximum atomic E-state index is 11.4. The molecule has 1 heterocycles. The van der Waals surface area contributed by atoms with E-state index in [0.29, 0.717) is 23.1 Å². The van der Waals surface area contributed by atoms with Gasteiger partial charge in [-0.05, 0) is 43.5 Å². The molecule has 3 aromatic rings. The molecule has 0 saturated carbocycles. The van der Waals surface area contributed by atoms with Gasteiger partial charge in [0.05, 0.1) is 5.36 Å². The fourth-order valence-electron chi connectivity index (χ4n) is 2.76. The topological polar surface area (TPSA) is 62.8 Å². The molecule has 0 spiro atoms. The number of aliphatic carboxylic acids is 1. The van der Waals surface area contributed by atoms with Crippen LogP contribution in [0.1, 0.15) is 24.5 Å². The van der Waals surface area contributed by atoms with Crippen molar-refractivity contribution < 1.29 is 14.3 Å². The number of carboxylic acid groups (broad SMARTS) is 1. The molecule has 25 heavy (non-hydrogen) atoms. The molecule has 4 heteroatoms. The van der Waals surface area contributed by atoms with Crippen molar-refractivity contribution in [3.05, 3.63) is 65.0 Å². The Kier molecular flexibility index (Phi) is 4.70. The summed E-state index contributed by atoms with van der Waals surface area (Å²) in [7, 11) is 0. The van der Waals surface area contributed by atoms with E-state index in [2.05, 4.69) is 4.99 Å². The molecule has 1 N–H and O–H groups in total. The third-order valence-corrected chi connectivity index (χ3v) is 4.38. The number of carboxylic acids is 1. The van der Waals surface area contributed by atoms with Crippen LogP contribution < -0.4 is 5.36 Å². The predicted octanol–water partition coefficient (Wildman–Crippen LogP) is 4.48. The first kappa shape index (κ1) is 17.0.